The van der Waals surface area contributed by atoms with E-state index in [2.05, 4.69) is 4.72 Å². The SMILES string of the molecule is O=C(Oc1ccccc1)N1CCC(CNS(=O)(=O)C2CCCCC2)CC1. The van der Waals surface area contributed by atoms with Crippen LogP contribution in [0.5, 0.6) is 5.75 Å². The molecule has 1 amide bonds. The van der Waals surface area contributed by atoms with Gasteiger partial charge < -0.3 is 9.64 Å². The Balaban J connectivity index is 1.41. The van der Waals surface area contributed by atoms with Gasteiger partial charge in [0.05, 0.1) is 5.25 Å². The number of carbonyl (C=O) groups excluding carboxylic acids is 1. The van der Waals surface area contributed by atoms with E-state index in [4.69, 9.17) is 4.74 Å². The summed E-state index contributed by atoms with van der Waals surface area (Å²) in [5.74, 6) is 0.814. The third kappa shape index (κ3) is 5.20. The van der Waals surface area contributed by atoms with Crippen LogP contribution in [0.15, 0.2) is 30.3 Å². The van der Waals surface area contributed by atoms with Crippen LogP contribution in [0.25, 0.3) is 0 Å². The molecule has 2 fully saturated rings. The molecule has 0 atom stereocenters. The number of hydrogen-bond acceptors (Lipinski definition) is 4. The summed E-state index contributed by atoms with van der Waals surface area (Å²) in [7, 11) is -3.21. The first-order valence-electron chi connectivity index (χ1n) is 9.55. The van der Waals surface area contributed by atoms with E-state index in [1.165, 1.54) is 0 Å². The predicted molar refractivity (Wildman–Crippen MR) is 101 cm³/mol. The second-order valence-corrected chi connectivity index (χ2v) is 9.31. The zero-order valence-corrected chi connectivity index (χ0v) is 15.9. The van der Waals surface area contributed by atoms with Crippen molar-refractivity contribution in [3.05, 3.63) is 30.3 Å². The first kappa shape index (κ1) is 19.2. The summed E-state index contributed by atoms with van der Waals surface area (Å²) in [6.07, 6.45) is 5.95. The van der Waals surface area contributed by atoms with Crippen molar-refractivity contribution in [3.63, 3.8) is 0 Å². The fourth-order valence-electron chi connectivity index (χ4n) is 3.70. The zero-order valence-electron chi connectivity index (χ0n) is 15.1. The van der Waals surface area contributed by atoms with E-state index < -0.39 is 10.0 Å². The molecule has 26 heavy (non-hydrogen) atoms. The van der Waals surface area contributed by atoms with Crippen molar-refractivity contribution < 1.29 is 17.9 Å². The number of carbonyl (C=O) groups is 1. The normalized spacial score (nSPS) is 20.1. The Kier molecular flexibility index (Phi) is 6.53. The summed E-state index contributed by atoms with van der Waals surface area (Å²) < 4.78 is 33.0. The maximum absolute atomic E-state index is 12.4. The van der Waals surface area contributed by atoms with Crippen molar-refractivity contribution >= 4 is 16.1 Å². The molecule has 0 unspecified atom stereocenters. The predicted octanol–water partition coefficient (Wildman–Crippen LogP) is 3.15. The van der Waals surface area contributed by atoms with Crippen LogP contribution in [-0.4, -0.2) is 44.3 Å². The lowest BCUT2D eigenvalue weighted by atomic mass is 9.97. The number of para-hydroxylation sites is 1. The van der Waals surface area contributed by atoms with Crippen LogP contribution in [0, 0.1) is 5.92 Å². The van der Waals surface area contributed by atoms with Crippen molar-refractivity contribution in [2.24, 2.45) is 5.92 Å². The van der Waals surface area contributed by atoms with Gasteiger partial charge in [0.25, 0.3) is 0 Å². The molecule has 3 rings (SSSR count). The van der Waals surface area contributed by atoms with Gasteiger partial charge in [-0.15, -0.1) is 0 Å². The largest absolute Gasteiger partial charge is 0.415 e. The lowest BCUT2D eigenvalue weighted by Crippen LogP contribution is -2.44. The minimum Gasteiger partial charge on any atom is -0.410 e. The van der Waals surface area contributed by atoms with Crippen molar-refractivity contribution in [1.29, 1.82) is 0 Å². The summed E-state index contributed by atoms with van der Waals surface area (Å²) in [4.78, 5) is 13.9. The molecule has 7 heteroatoms. The topological polar surface area (TPSA) is 75.7 Å². The zero-order chi connectivity index (χ0) is 18.4. The molecule has 0 spiro atoms. The van der Waals surface area contributed by atoms with Gasteiger partial charge in [-0.25, -0.2) is 17.9 Å². The number of ether oxygens (including phenoxy) is 1. The summed E-state index contributed by atoms with van der Waals surface area (Å²) >= 11 is 0. The van der Waals surface area contributed by atoms with Gasteiger partial charge in [-0.3, -0.25) is 0 Å². The molecule has 6 nitrogen and oxygen atoms in total. The van der Waals surface area contributed by atoms with E-state index in [9.17, 15) is 13.2 Å². The molecule has 144 valence electrons. The van der Waals surface area contributed by atoms with Gasteiger partial charge in [0.2, 0.25) is 10.0 Å². The second-order valence-electron chi connectivity index (χ2n) is 7.26. The van der Waals surface area contributed by atoms with E-state index in [1.54, 1.807) is 17.0 Å². The molecule has 1 aliphatic carbocycles. The van der Waals surface area contributed by atoms with Crippen LogP contribution in [0.1, 0.15) is 44.9 Å². The summed E-state index contributed by atoms with van der Waals surface area (Å²) in [6, 6.07) is 9.03. The minimum atomic E-state index is -3.21. The highest BCUT2D eigenvalue weighted by molar-refractivity contribution is 7.90. The number of piperidine rings is 1. The Morgan fingerprint density at radius 1 is 1.04 bits per heavy atom. The Hall–Kier alpha value is -1.60. The fourth-order valence-corrected chi connectivity index (χ4v) is 5.36. The average molecular weight is 381 g/mol. The lowest BCUT2D eigenvalue weighted by Gasteiger charge is -2.31. The van der Waals surface area contributed by atoms with Gasteiger partial charge in [-0.2, -0.15) is 0 Å². The molecule has 1 heterocycles. The van der Waals surface area contributed by atoms with Crippen molar-refractivity contribution in [1.82, 2.24) is 9.62 Å². The van der Waals surface area contributed by atoms with Crippen LogP contribution in [0.3, 0.4) is 0 Å². The molecule has 1 N–H and O–H groups in total. The lowest BCUT2D eigenvalue weighted by molar-refractivity contribution is 0.131. The van der Waals surface area contributed by atoms with E-state index in [0.29, 0.717) is 25.4 Å². The Bertz CT molecular complexity index is 679. The highest BCUT2D eigenvalue weighted by Crippen LogP contribution is 2.24. The van der Waals surface area contributed by atoms with Crippen molar-refractivity contribution in [2.75, 3.05) is 19.6 Å². The molecule has 2 aliphatic rings. The maximum Gasteiger partial charge on any atom is 0.415 e. The number of hydrogen-bond donors (Lipinski definition) is 1. The van der Waals surface area contributed by atoms with Gasteiger partial charge in [-0.1, -0.05) is 37.5 Å². The highest BCUT2D eigenvalue weighted by Gasteiger charge is 2.29. The van der Waals surface area contributed by atoms with Crippen LogP contribution in [-0.2, 0) is 10.0 Å². The number of rotatable bonds is 5. The van der Waals surface area contributed by atoms with E-state index in [-0.39, 0.29) is 17.3 Å². The summed E-state index contributed by atoms with van der Waals surface area (Å²) in [6.45, 7) is 1.67. The van der Waals surface area contributed by atoms with Crippen molar-refractivity contribution in [2.45, 2.75) is 50.2 Å². The first-order chi connectivity index (χ1) is 12.5. The quantitative estimate of drug-likeness (QED) is 0.851. The molecular weight excluding hydrogens is 352 g/mol. The maximum atomic E-state index is 12.4. The number of nitrogens with zero attached hydrogens (tertiary/aromatic N) is 1. The number of likely N-dealkylation sites (tertiary alicyclic amines) is 1. The fraction of sp³-hybridized carbons (Fsp3) is 0.632. The summed E-state index contributed by atoms with van der Waals surface area (Å²) in [5.41, 5.74) is 0. The summed E-state index contributed by atoms with van der Waals surface area (Å²) in [5, 5.41) is -0.225. The van der Waals surface area contributed by atoms with Crippen LogP contribution in [0.2, 0.25) is 0 Å². The molecule has 1 saturated heterocycles. The smallest absolute Gasteiger partial charge is 0.410 e. The van der Waals surface area contributed by atoms with Gasteiger partial charge in [0, 0.05) is 19.6 Å². The molecule has 0 bridgehead atoms. The van der Waals surface area contributed by atoms with E-state index in [0.717, 1.165) is 44.9 Å². The average Bonchev–Trinajstić information content (AvgIpc) is 2.68. The minimum absolute atomic E-state index is 0.225. The molecule has 0 aromatic heterocycles. The van der Waals surface area contributed by atoms with Gasteiger partial charge in [0.1, 0.15) is 5.75 Å². The Morgan fingerprint density at radius 3 is 2.35 bits per heavy atom. The number of amides is 1. The van der Waals surface area contributed by atoms with Crippen LogP contribution in [0.4, 0.5) is 4.79 Å². The van der Waals surface area contributed by atoms with Gasteiger partial charge in [0.15, 0.2) is 0 Å². The standard InChI is InChI=1S/C19H28N2O4S/c22-19(25-17-7-3-1-4-8-17)21-13-11-16(12-14-21)15-20-26(23,24)18-9-5-2-6-10-18/h1,3-4,7-8,16,18,20H,2,5-6,9-15H2. The molecular formula is C19H28N2O4S. The van der Waals surface area contributed by atoms with E-state index >= 15 is 0 Å². The Morgan fingerprint density at radius 2 is 1.69 bits per heavy atom. The number of nitrogens with one attached hydrogen (secondary N) is 1. The first-order valence-corrected chi connectivity index (χ1v) is 11.1. The Labute approximate surface area is 156 Å². The van der Waals surface area contributed by atoms with Crippen LogP contribution >= 0.6 is 0 Å². The monoisotopic (exact) mass is 380 g/mol. The van der Waals surface area contributed by atoms with Crippen molar-refractivity contribution in [3.8, 4) is 5.75 Å². The molecule has 1 aliphatic heterocycles. The van der Waals surface area contributed by atoms with Gasteiger partial charge >= 0.3 is 6.09 Å². The molecule has 1 saturated carbocycles. The van der Waals surface area contributed by atoms with Gasteiger partial charge in [-0.05, 0) is 43.7 Å². The molecule has 0 radical (unpaired) electrons. The number of sulfonamides is 1. The third-order valence-corrected chi connectivity index (χ3v) is 7.30. The molecule has 1 aromatic carbocycles. The van der Waals surface area contributed by atoms with E-state index in [1.807, 2.05) is 18.2 Å². The molecule has 1 aromatic rings. The second kappa shape index (κ2) is 8.86. The third-order valence-electron chi connectivity index (χ3n) is 5.39. The number of benzene rings is 1. The van der Waals surface area contributed by atoms with Crippen LogP contribution < -0.4 is 9.46 Å². The highest BCUT2D eigenvalue weighted by atomic mass is 32.2.